The molecule has 0 saturated heterocycles. The van der Waals surface area contributed by atoms with E-state index in [0.717, 1.165) is 50.1 Å². The fourth-order valence-corrected chi connectivity index (χ4v) is 7.01. The fourth-order valence-electron chi connectivity index (χ4n) is 7.01. The van der Waals surface area contributed by atoms with Gasteiger partial charge in [0.15, 0.2) is 0 Å². The predicted molar refractivity (Wildman–Crippen MR) is 201 cm³/mol. The summed E-state index contributed by atoms with van der Waals surface area (Å²) in [6, 6.07) is 59.0. The number of anilines is 3. The zero-order valence-electron chi connectivity index (χ0n) is 26.4. The van der Waals surface area contributed by atoms with Gasteiger partial charge in [0, 0.05) is 27.8 Å². The van der Waals surface area contributed by atoms with Crippen LogP contribution in [0, 0.1) is 0 Å². The van der Waals surface area contributed by atoms with Crippen LogP contribution in [0.1, 0.15) is 0 Å². The van der Waals surface area contributed by atoms with Crippen molar-refractivity contribution in [3.05, 3.63) is 197 Å². The van der Waals surface area contributed by atoms with Crippen LogP contribution in [0.5, 0.6) is 0 Å². The molecule has 2 heterocycles. The maximum atomic E-state index is 14.2. The van der Waals surface area contributed by atoms with Crippen molar-refractivity contribution in [3.63, 3.8) is 0 Å². The number of fused-ring (bicyclic) bond motifs is 2. The van der Waals surface area contributed by atoms with Crippen LogP contribution in [0.2, 0.25) is 0 Å². The van der Waals surface area contributed by atoms with E-state index in [-0.39, 0.29) is 11.2 Å². The van der Waals surface area contributed by atoms with Crippen LogP contribution in [0.4, 0.5) is 17.1 Å². The number of aromatic nitrogens is 2. The highest BCUT2D eigenvalue weighted by Gasteiger charge is 2.21. The summed E-state index contributed by atoms with van der Waals surface area (Å²) in [5.41, 5.74) is 8.70. The molecule has 0 fully saturated rings. The monoisotopic (exact) mass is 631 g/mol. The summed E-state index contributed by atoms with van der Waals surface area (Å²) in [6.45, 7) is 0. The summed E-state index contributed by atoms with van der Waals surface area (Å²) < 4.78 is 2.98. The Balaban J connectivity index is 1.22. The van der Waals surface area contributed by atoms with Gasteiger partial charge in [-0.05, 0) is 82.2 Å². The zero-order valence-corrected chi connectivity index (χ0v) is 26.4. The Morgan fingerprint density at radius 3 is 1.53 bits per heavy atom. The van der Waals surface area contributed by atoms with Crippen molar-refractivity contribution < 1.29 is 0 Å². The van der Waals surface area contributed by atoms with Crippen molar-refractivity contribution in [1.82, 2.24) is 8.97 Å². The quantitative estimate of drug-likeness (QED) is 0.172. The van der Waals surface area contributed by atoms with Gasteiger partial charge in [0.1, 0.15) is 0 Å². The lowest BCUT2D eigenvalue weighted by molar-refractivity contribution is 0.944. The highest BCUT2D eigenvalue weighted by Crippen LogP contribution is 2.38. The van der Waals surface area contributed by atoms with Crippen LogP contribution in [0.25, 0.3) is 55.1 Å². The molecule has 0 aliphatic heterocycles. The van der Waals surface area contributed by atoms with Crippen molar-refractivity contribution in [2.45, 2.75) is 0 Å². The second kappa shape index (κ2) is 11.5. The second-order valence-electron chi connectivity index (χ2n) is 12.2. The van der Waals surface area contributed by atoms with Gasteiger partial charge in [0.2, 0.25) is 0 Å². The Kier molecular flexibility index (Phi) is 6.69. The van der Waals surface area contributed by atoms with Crippen molar-refractivity contribution in [2.24, 2.45) is 0 Å². The number of benzene rings is 7. The van der Waals surface area contributed by atoms with Crippen LogP contribution in [0.3, 0.4) is 0 Å². The standard InChI is InChI=1S/C44H29N3O2/c48-43-40-18-8-7-17-38(40)39-19-10-20-41-42(39)47(43)44(49)46(41)37-16-9-15-36(29-37)45(34-25-21-32(22-26-34)30-11-3-1-4-12-30)35-27-23-33(24-28-35)31-13-5-2-6-14-31/h1-29H. The summed E-state index contributed by atoms with van der Waals surface area (Å²) in [4.78, 5) is 30.1. The number of hydrogen-bond acceptors (Lipinski definition) is 3. The molecule has 232 valence electrons. The molecule has 0 spiro atoms. The molecule has 0 atom stereocenters. The molecule has 5 nitrogen and oxygen atoms in total. The van der Waals surface area contributed by atoms with E-state index in [1.165, 1.54) is 4.40 Å². The van der Waals surface area contributed by atoms with Gasteiger partial charge in [-0.2, -0.15) is 0 Å². The first-order valence-electron chi connectivity index (χ1n) is 16.3. The average Bonchev–Trinajstić information content (AvgIpc) is 3.47. The first-order chi connectivity index (χ1) is 24.2. The minimum absolute atomic E-state index is 0.308. The lowest BCUT2D eigenvalue weighted by Crippen LogP contribution is -2.27. The molecule has 7 aromatic carbocycles. The molecule has 0 aliphatic rings. The van der Waals surface area contributed by atoms with E-state index in [4.69, 9.17) is 0 Å². The number of nitrogens with zero attached hydrogens (tertiary/aromatic N) is 3. The Hall–Kier alpha value is -6.72. The van der Waals surface area contributed by atoms with Gasteiger partial charge in [0.25, 0.3) is 5.56 Å². The Bertz CT molecular complexity index is 2650. The number of hydrogen-bond donors (Lipinski definition) is 0. The highest BCUT2D eigenvalue weighted by molar-refractivity contribution is 6.10. The molecule has 0 radical (unpaired) electrons. The maximum Gasteiger partial charge on any atom is 0.340 e. The third kappa shape index (κ3) is 4.71. The van der Waals surface area contributed by atoms with Gasteiger partial charge < -0.3 is 4.90 Å². The molecule has 49 heavy (non-hydrogen) atoms. The molecule has 9 aromatic rings. The number of pyridine rings is 1. The lowest BCUT2D eigenvalue weighted by atomic mass is 10.0. The van der Waals surface area contributed by atoms with Crippen molar-refractivity contribution in [3.8, 4) is 27.9 Å². The Labute approximate surface area is 282 Å². The Morgan fingerprint density at radius 1 is 0.408 bits per heavy atom. The van der Waals surface area contributed by atoms with Crippen LogP contribution in [-0.2, 0) is 0 Å². The van der Waals surface area contributed by atoms with E-state index >= 15 is 0 Å². The van der Waals surface area contributed by atoms with Gasteiger partial charge in [-0.3, -0.25) is 9.36 Å². The topological polar surface area (TPSA) is 46.7 Å². The molecular weight excluding hydrogens is 603 g/mol. The maximum absolute atomic E-state index is 14.2. The smallest absolute Gasteiger partial charge is 0.310 e. The molecular formula is C44H29N3O2. The summed E-state index contributed by atoms with van der Waals surface area (Å²) >= 11 is 0. The Morgan fingerprint density at radius 2 is 0.918 bits per heavy atom. The summed E-state index contributed by atoms with van der Waals surface area (Å²) in [7, 11) is 0. The van der Waals surface area contributed by atoms with Crippen molar-refractivity contribution in [2.75, 3.05) is 4.90 Å². The molecule has 0 N–H and O–H groups in total. The van der Waals surface area contributed by atoms with E-state index in [9.17, 15) is 9.59 Å². The average molecular weight is 632 g/mol. The van der Waals surface area contributed by atoms with Crippen molar-refractivity contribution in [1.29, 1.82) is 0 Å². The van der Waals surface area contributed by atoms with E-state index in [1.807, 2.05) is 91.0 Å². The van der Waals surface area contributed by atoms with Crippen LogP contribution < -0.4 is 16.1 Å². The lowest BCUT2D eigenvalue weighted by Gasteiger charge is -2.26. The van der Waals surface area contributed by atoms with Crippen LogP contribution in [0.15, 0.2) is 186 Å². The summed E-state index contributed by atoms with van der Waals surface area (Å²) in [5.74, 6) is 0. The van der Waals surface area contributed by atoms with Gasteiger partial charge >= 0.3 is 5.69 Å². The van der Waals surface area contributed by atoms with Crippen LogP contribution in [-0.4, -0.2) is 8.97 Å². The zero-order chi connectivity index (χ0) is 32.9. The van der Waals surface area contributed by atoms with E-state index < -0.39 is 0 Å². The molecule has 0 aliphatic carbocycles. The van der Waals surface area contributed by atoms with Crippen LogP contribution >= 0.6 is 0 Å². The van der Waals surface area contributed by atoms with Gasteiger partial charge in [0.05, 0.1) is 16.7 Å². The first-order valence-corrected chi connectivity index (χ1v) is 16.3. The van der Waals surface area contributed by atoms with E-state index in [2.05, 4.69) is 83.8 Å². The molecule has 0 unspecified atom stereocenters. The molecule has 9 rings (SSSR count). The van der Waals surface area contributed by atoms with Gasteiger partial charge in [-0.25, -0.2) is 9.20 Å². The largest absolute Gasteiger partial charge is 0.340 e. The van der Waals surface area contributed by atoms with Gasteiger partial charge in [-0.1, -0.05) is 121 Å². The molecule has 2 aromatic heterocycles. The van der Waals surface area contributed by atoms with E-state index in [1.54, 1.807) is 10.6 Å². The number of rotatable bonds is 6. The normalized spacial score (nSPS) is 11.4. The fraction of sp³-hybridized carbons (Fsp3) is 0. The minimum atomic E-state index is -0.384. The second-order valence-corrected chi connectivity index (χ2v) is 12.2. The SMILES string of the molecule is O=c1c2ccccc2c2cccc3c2n1c(=O)n3-c1cccc(N(c2ccc(-c3ccccc3)cc2)c2ccc(-c3ccccc3)cc2)c1. The third-order valence-corrected chi connectivity index (χ3v) is 9.32. The third-order valence-electron chi connectivity index (χ3n) is 9.32. The molecule has 5 heteroatoms. The molecule has 0 amide bonds. The number of imidazole rings is 1. The number of para-hydroxylation sites is 1. The summed E-state index contributed by atoms with van der Waals surface area (Å²) in [6.07, 6.45) is 0. The first kappa shape index (κ1) is 28.5. The molecule has 0 saturated carbocycles. The van der Waals surface area contributed by atoms with Gasteiger partial charge in [-0.15, -0.1) is 0 Å². The minimum Gasteiger partial charge on any atom is -0.310 e. The summed E-state index contributed by atoms with van der Waals surface area (Å²) in [5, 5.41) is 2.24. The van der Waals surface area contributed by atoms with E-state index in [0.29, 0.717) is 22.1 Å². The highest BCUT2D eigenvalue weighted by atomic mass is 16.2. The molecule has 0 bridgehead atoms. The van der Waals surface area contributed by atoms with Crippen molar-refractivity contribution >= 4 is 44.3 Å². The predicted octanol–water partition coefficient (Wildman–Crippen LogP) is 10.00.